The van der Waals surface area contributed by atoms with Crippen LogP contribution in [0.25, 0.3) is 0 Å². The van der Waals surface area contributed by atoms with Crippen LogP contribution in [0.2, 0.25) is 0 Å². The average Bonchev–Trinajstić information content (AvgIpc) is 3.23. The first-order valence-electron chi connectivity index (χ1n) is 10.2. The molecule has 1 aliphatic rings. The molecule has 1 atom stereocenters. The number of benzene rings is 2. The lowest BCUT2D eigenvalue weighted by molar-refractivity contribution is -0.139. The summed E-state index contributed by atoms with van der Waals surface area (Å²) >= 11 is 0. The van der Waals surface area contributed by atoms with Gasteiger partial charge in [0.15, 0.2) is 11.5 Å². The topological polar surface area (TPSA) is 105 Å². The molecule has 172 valence electrons. The van der Waals surface area contributed by atoms with E-state index in [1.165, 1.54) is 11.0 Å². The summed E-state index contributed by atoms with van der Waals surface area (Å²) in [5, 5.41) is 2.71. The molecule has 10 heteroatoms. The average molecular weight is 462 g/mol. The van der Waals surface area contributed by atoms with Gasteiger partial charge in [-0.25, -0.2) is 8.42 Å². The first-order chi connectivity index (χ1) is 15.2. The number of hydrogen-bond donors (Lipinski definition) is 1. The molecular formula is C22H27N3O6S. The van der Waals surface area contributed by atoms with Crippen molar-refractivity contribution in [3.63, 3.8) is 0 Å². The van der Waals surface area contributed by atoms with Crippen molar-refractivity contribution in [2.45, 2.75) is 26.4 Å². The third-order valence-corrected chi connectivity index (χ3v) is 6.18. The van der Waals surface area contributed by atoms with Crippen LogP contribution in [0.4, 0.5) is 5.69 Å². The summed E-state index contributed by atoms with van der Waals surface area (Å²) in [6.07, 6.45) is 1.03. The highest BCUT2D eigenvalue weighted by Crippen LogP contribution is 2.36. The van der Waals surface area contributed by atoms with Gasteiger partial charge in [0.05, 0.1) is 11.9 Å². The lowest BCUT2D eigenvalue weighted by atomic mass is 10.1. The number of carbonyl (C=O) groups excluding carboxylic acids is 2. The van der Waals surface area contributed by atoms with E-state index < -0.39 is 28.5 Å². The van der Waals surface area contributed by atoms with Gasteiger partial charge in [0.1, 0.15) is 12.6 Å². The fraction of sp³-hybridized carbons (Fsp3) is 0.364. The minimum absolute atomic E-state index is 0.0471. The van der Waals surface area contributed by atoms with E-state index in [1.54, 1.807) is 26.0 Å². The lowest BCUT2D eigenvalue weighted by Crippen LogP contribution is -2.51. The molecule has 0 spiro atoms. The third kappa shape index (κ3) is 5.50. The molecule has 0 aromatic heterocycles. The zero-order valence-corrected chi connectivity index (χ0v) is 19.1. The number of anilines is 1. The Balaban J connectivity index is 1.89. The van der Waals surface area contributed by atoms with Gasteiger partial charge in [-0.2, -0.15) is 0 Å². The maximum Gasteiger partial charge on any atom is 0.244 e. The number of fused-ring (bicyclic) bond motifs is 1. The van der Waals surface area contributed by atoms with E-state index in [0.717, 1.165) is 16.1 Å². The van der Waals surface area contributed by atoms with Crippen LogP contribution in [0.1, 0.15) is 19.4 Å². The molecule has 3 rings (SSSR count). The first kappa shape index (κ1) is 23.4. The fourth-order valence-corrected chi connectivity index (χ4v) is 4.18. The van der Waals surface area contributed by atoms with Gasteiger partial charge in [-0.15, -0.1) is 0 Å². The maximum atomic E-state index is 13.3. The summed E-state index contributed by atoms with van der Waals surface area (Å²) in [5.41, 5.74) is 1.10. The third-order valence-electron chi connectivity index (χ3n) is 5.04. The number of nitrogens with zero attached hydrogens (tertiary/aromatic N) is 2. The molecule has 1 aliphatic heterocycles. The minimum atomic E-state index is -3.80. The van der Waals surface area contributed by atoms with Crippen LogP contribution in [-0.2, 0) is 26.2 Å². The molecule has 1 N–H and O–H groups in total. The summed E-state index contributed by atoms with van der Waals surface area (Å²) in [7, 11) is -3.80. The van der Waals surface area contributed by atoms with E-state index in [-0.39, 0.29) is 24.9 Å². The molecule has 0 saturated carbocycles. The van der Waals surface area contributed by atoms with Crippen molar-refractivity contribution in [2.75, 3.05) is 30.4 Å². The minimum Gasteiger partial charge on any atom is -0.454 e. The van der Waals surface area contributed by atoms with Gasteiger partial charge >= 0.3 is 0 Å². The monoisotopic (exact) mass is 461 g/mol. The van der Waals surface area contributed by atoms with Crippen LogP contribution in [0.3, 0.4) is 0 Å². The molecule has 2 aromatic carbocycles. The molecule has 1 heterocycles. The number of rotatable bonds is 9. The maximum absolute atomic E-state index is 13.3. The molecule has 9 nitrogen and oxygen atoms in total. The van der Waals surface area contributed by atoms with E-state index >= 15 is 0 Å². The van der Waals surface area contributed by atoms with E-state index in [2.05, 4.69) is 5.32 Å². The molecule has 2 amide bonds. The van der Waals surface area contributed by atoms with Crippen molar-refractivity contribution in [2.24, 2.45) is 0 Å². The second kappa shape index (κ2) is 9.90. The van der Waals surface area contributed by atoms with Crippen LogP contribution >= 0.6 is 0 Å². The summed E-state index contributed by atoms with van der Waals surface area (Å²) in [5.74, 6) is 0.0889. The van der Waals surface area contributed by atoms with Crippen LogP contribution in [0.5, 0.6) is 11.5 Å². The van der Waals surface area contributed by atoms with Crippen molar-refractivity contribution in [1.82, 2.24) is 10.2 Å². The van der Waals surface area contributed by atoms with Gasteiger partial charge in [0.2, 0.25) is 28.6 Å². The largest absolute Gasteiger partial charge is 0.454 e. The van der Waals surface area contributed by atoms with Gasteiger partial charge in [0.25, 0.3) is 0 Å². The van der Waals surface area contributed by atoms with Crippen molar-refractivity contribution < 1.29 is 27.5 Å². The van der Waals surface area contributed by atoms with Gasteiger partial charge in [-0.05, 0) is 31.5 Å². The zero-order valence-electron chi connectivity index (χ0n) is 18.3. The van der Waals surface area contributed by atoms with Gasteiger partial charge < -0.3 is 19.7 Å². The number of sulfonamides is 1. The highest BCUT2D eigenvalue weighted by molar-refractivity contribution is 7.92. The Hall–Kier alpha value is -3.27. The van der Waals surface area contributed by atoms with E-state index in [9.17, 15) is 18.0 Å². The molecule has 0 saturated heterocycles. The van der Waals surface area contributed by atoms with Gasteiger partial charge in [-0.3, -0.25) is 13.9 Å². The van der Waals surface area contributed by atoms with Crippen LogP contribution < -0.4 is 19.1 Å². The summed E-state index contributed by atoms with van der Waals surface area (Å²) in [6.45, 7) is 3.58. The molecule has 0 bridgehead atoms. The molecule has 0 aliphatic carbocycles. The Morgan fingerprint density at radius 3 is 2.44 bits per heavy atom. The predicted octanol–water partition coefficient (Wildman–Crippen LogP) is 1.73. The number of nitrogens with one attached hydrogen (secondary N) is 1. The second-order valence-corrected chi connectivity index (χ2v) is 9.29. The summed E-state index contributed by atoms with van der Waals surface area (Å²) < 4.78 is 36.7. The Bertz CT molecular complexity index is 1070. The number of hydrogen-bond acceptors (Lipinski definition) is 6. The van der Waals surface area contributed by atoms with Crippen molar-refractivity contribution in [3.8, 4) is 11.5 Å². The van der Waals surface area contributed by atoms with Gasteiger partial charge in [0, 0.05) is 19.2 Å². The van der Waals surface area contributed by atoms with E-state index in [4.69, 9.17) is 9.47 Å². The predicted molar refractivity (Wildman–Crippen MR) is 120 cm³/mol. The SMILES string of the molecule is CCNC(=O)[C@@H](C)N(Cc1ccccc1)C(=O)CN(c1ccc2c(c1)OCO2)S(C)(=O)=O. The first-order valence-corrected chi connectivity index (χ1v) is 12.0. The number of ether oxygens (including phenoxy) is 2. The fourth-order valence-electron chi connectivity index (χ4n) is 3.34. The summed E-state index contributed by atoms with van der Waals surface area (Å²) in [4.78, 5) is 27.2. The Labute approximate surface area is 188 Å². The van der Waals surface area contributed by atoms with Crippen molar-refractivity contribution >= 4 is 27.5 Å². The molecule has 32 heavy (non-hydrogen) atoms. The molecule has 0 unspecified atom stereocenters. The van der Waals surface area contributed by atoms with Crippen LogP contribution in [0, 0.1) is 0 Å². The second-order valence-electron chi connectivity index (χ2n) is 7.38. The number of carbonyl (C=O) groups is 2. The van der Waals surface area contributed by atoms with Crippen LogP contribution in [0.15, 0.2) is 48.5 Å². The smallest absolute Gasteiger partial charge is 0.244 e. The Kier molecular flexibility index (Phi) is 7.24. The molecule has 0 fully saturated rings. The van der Waals surface area contributed by atoms with Crippen molar-refractivity contribution in [3.05, 3.63) is 54.1 Å². The van der Waals surface area contributed by atoms with Crippen LogP contribution in [-0.4, -0.2) is 57.3 Å². The van der Waals surface area contributed by atoms with E-state index in [1.807, 2.05) is 30.3 Å². The Morgan fingerprint density at radius 1 is 1.09 bits per heavy atom. The highest BCUT2D eigenvalue weighted by Gasteiger charge is 2.30. The zero-order chi connectivity index (χ0) is 23.3. The Morgan fingerprint density at radius 2 is 1.78 bits per heavy atom. The molecular weight excluding hydrogens is 434 g/mol. The normalized spacial score (nSPS) is 13.3. The number of likely N-dealkylation sites (N-methyl/N-ethyl adjacent to an activating group) is 1. The quantitative estimate of drug-likeness (QED) is 0.610. The van der Waals surface area contributed by atoms with Gasteiger partial charge in [-0.1, -0.05) is 30.3 Å². The summed E-state index contributed by atoms with van der Waals surface area (Å²) in [6, 6.07) is 13.1. The lowest BCUT2D eigenvalue weighted by Gasteiger charge is -2.31. The van der Waals surface area contributed by atoms with E-state index in [0.29, 0.717) is 18.0 Å². The molecule has 0 radical (unpaired) electrons. The number of amides is 2. The standard InChI is InChI=1S/C22H27N3O6S/c1-4-23-22(27)16(2)24(13-17-8-6-5-7-9-17)21(26)14-25(32(3,28)29)18-10-11-19-20(12-18)31-15-30-19/h5-12,16H,4,13-15H2,1-3H3,(H,23,27)/t16-/m1/s1. The highest BCUT2D eigenvalue weighted by atomic mass is 32.2. The van der Waals surface area contributed by atoms with Crippen molar-refractivity contribution in [1.29, 1.82) is 0 Å². The molecule has 2 aromatic rings.